The minimum absolute atomic E-state index is 0.219. The van der Waals surface area contributed by atoms with Crippen molar-refractivity contribution in [1.82, 2.24) is 10.2 Å². The second-order valence-electron chi connectivity index (χ2n) is 3.06. The van der Waals surface area contributed by atoms with Crippen molar-refractivity contribution >= 4 is 6.03 Å². The van der Waals surface area contributed by atoms with Gasteiger partial charge in [0.2, 0.25) is 0 Å². The molecule has 0 spiro atoms. The van der Waals surface area contributed by atoms with Crippen LogP contribution in [0.15, 0.2) is 11.6 Å². The van der Waals surface area contributed by atoms with E-state index < -0.39 is 18.8 Å². The largest absolute Gasteiger partial charge is 0.405 e. The molecule has 0 bridgehead atoms. The first kappa shape index (κ1) is 11.4. The van der Waals surface area contributed by atoms with E-state index in [1.54, 1.807) is 11.4 Å². The molecular weight excluding hydrogens is 211 g/mol. The summed E-state index contributed by atoms with van der Waals surface area (Å²) in [6, 6.07) is 1.02. The molecule has 0 saturated carbocycles. The Kier molecular flexibility index (Phi) is 3.19. The molecule has 7 heteroatoms. The van der Waals surface area contributed by atoms with Crippen molar-refractivity contribution in [3.05, 3.63) is 11.6 Å². The minimum Gasteiger partial charge on any atom is -0.329 e. The molecule has 1 fully saturated rings. The van der Waals surface area contributed by atoms with E-state index in [9.17, 15) is 18.0 Å². The third-order valence-corrected chi connectivity index (χ3v) is 1.78. The van der Waals surface area contributed by atoms with Crippen molar-refractivity contribution in [1.29, 1.82) is 5.26 Å². The van der Waals surface area contributed by atoms with Gasteiger partial charge in [0, 0.05) is 19.2 Å². The van der Waals surface area contributed by atoms with Gasteiger partial charge in [0.05, 0.1) is 6.07 Å². The summed E-state index contributed by atoms with van der Waals surface area (Å²) in [4.78, 5) is 12.2. The molecule has 0 atom stereocenters. The molecule has 1 saturated heterocycles. The van der Waals surface area contributed by atoms with E-state index in [4.69, 9.17) is 5.26 Å². The summed E-state index contributed by atoms with van der Waals surface area (Å²) in [5.74, 6) is 0. The molecular formula is C8H8F3N3O. The number of hydrogen-bond acceptors (Lipinski definition) is 2. The van der Waals surface area contributed by atoms with Crippen molar-refractivity contribution in [2.45, 2.75) is 6.18 Å². The van der Waals surface area contributed by atoms with Crippen LogP contribution in [-0.4, -0.2) is 36.7 Å². The third-order valence-electron chi connectivity index (χ3n) is 1.78. The number of nitrogens with zero attached hydrogens (tertiary/aromatic N) is 2. The summed E-state index contributed by atoms with van der Waals surface area (Å²) in [6.07, 6.45) is -3.11. The summed E-state index contributed by atoms with van der Waals surface area (Å²) >= 11 is 0. The molecule has 1 aliphatic heterocycles. The van der Waals surface area contributed by atoms with Crippen LogP contribution >= 0.6 is 0 Å². The van der Waals surface area contributed by atoms with Crippen LogP contribution in [0.1, 0.15) is 0 Å². The lowest BCUT2D eigenvalue weighted by molar-refractivity contribution is -0.123. The van der Waals surface area contributed by atoms with E-state index in [-0.39, 0.29) is 13.1 Å². The Labute approximate surface area is 84.0 Å². The van der Waals surface area contributed by atoms with Crippen LogP contribution in [0.5, 0.6) is 0 Å². The summed E-state index contributed by atoms with van der Waals surface area (Å²) in [6.45, 7) is -0.895. The fourth-order valence-corrected chi connectivity index (χ4v) is 1.06. The maximum Gasteiger partial charge on any atom is 0.405 e. The number of amides is 2. The summed E-state index contributed by atoms with van der Waals surface area (Å²) in [5, 5.41) is 9.98. The SMILES string of the molecule is N#CC=C1CN(C(=O)NCC(F)(F)F)C1. The second kappa shape index (κ2) is 4.21. The highest BCUT2D eigenvalue weighted by atomic mass is 19.4. The van der Waals surface area contributed by atoms with Crippen LogP contribution in [-0.2, 0) is 0 Å². The van der Waals surface area contributed by atoms with Gasteiger partial charge in [-0.2, -0.15) is 18.4 Å². The Morgan fingerprint density at radius 2 is 2.20 bits per heavy atom. The standard InChI is InChI=1S/C8H8F3N3O/c9-8(10,11)5-13-7(15)14-3-6(4-14)1-2-12/h1H,3-5H2,(H,13,15). The lowest BCUT2D eigenvalue weighted by Crippen LogP contribution is -2.51. The third kappa shape index (κ3) is 3.50. The average molecular weight is 219 g/mol. The molecule has 0 aromatic heterocycles. The number of nitrogens with one attached hydrogen (secondary N) is 1. The van der Waals surface area contributed by atoms with Gasteiger partial charge >= 0.3 is 12.2 Å². The van der Waals surface area contributed by atoms with E-state index in [0.29, 0.717) is 0 Å². The number of urea groups is 1. The van der Waals surface area contributed by atoms with Gasteiger partial charge in [-0.3, -0.25) is 0 Å². The first-order valence-corrected chi connectivity index (χ1v) is 4.09. The number of allylic oxidation sites excluding steroid dienone is 1. The fraction of sp³-hybridized carbons (Fsp3) is 0.500. The number of carbonyl (C=O) groups is 1. The van der Waals surface area contributed by atoms with Crippen LogP contribution < -0.4 is 5.32 Å². The molecule has 4 nitrogen and oxygen atoms in total. The molecule has 0 radical (unpaired) electrons. The van der Waals surface area contributed by atoms with Crippen molar-refractivity contribution in [2.75, 3.05) is 19.6 Å². The lowest BCUT2D eigenvalue weighted by atomic mass is 10.1. The Bertz CT molecular complexity index is 321. The van der Waals surface area contributed by atoms with E-state index in [1.807, 2.05) is 0 Å². The van der Waals surface area contributed by atoms with Gasteiger partial charge in [0.1, 0.15) is 6.54 Å². The monoisotopic (exact) mass is 219 g/mol. The van der Waals surface area contributed by atoms with Crippen LogP contribution in [0.4, 0.5) is 18.0 Å². The molecule has 1 heterocycles. The molecule has 1 N–H and O–H groups in total. The number of rotatable bonds is 1. The van der Waals surface area contributed by atoms with E-state index in [2.05, 4.69) is 0 Å². The van der Waals surface area contributed by atoms with Crippen molar-refractivity contribution in [3.8, 4) is 6.07 Å². The topological polar surface area (TPSA) is 56.1 Å². The van der Waals surface area contributed by atoms with E-state index in [1.165, 1.54) is 11.0 Å². The zero-order valence-electron chi connectivity index (χ0n) is 7.64. The van der Waals surface area contributed by atoms with Gasteiger partial charge in [-0.1, -0.05) is 0 Å². The first-order valence-electron chi connectivity index (χ1n) is 4.09. The molecule has 1 aliphatic rings. The zero-order chi connectivity index (χ0) is 11.5. The molecule has 2 amide bonds. The van der Waals surface area contributed by atoms with Gasteiger partial charge in [-0.05, 0) is 5.57 Å². The van der Waals surface area contributed by atoms with Gasteiger partial charge in [-0.25, -0.2) is 4.79 Å². The number of carbonyl (C=O) groups excluding carboxylic acids is 1. The Morgan fingerprint density at radius 3 is 2.67 bits per heavy atom. The Hall–Kier alpha value is -1.71. The number of alkyl halides is 3. The number of halogens is 3. The first-order chi connectivity index (χ1) is 6.92. The van der Waals surface area contributed by atoms with Gasteiger partial charge < -0.3 is 10.2 Å². The van der Waals surface area contributed by atoms with E-state index >= 15 is 0 Å². The van der Waals surface area contributed by atoms with Gasteiger partial charge in [0.25, 0.3) is 0 Å². The summed E-state index contributed by atoms with van der Waals surface area (Å²) in [7, 11) is 0. The Balaban J connectivity index is 2.28. The molecule has 0 aromatic carbocycles. The predicted molar refractivity (Wildman–Crippen MR) is 44.7 cm³/mol. The van der Waals surface area contributed by atoms with Gasteiger partial charge in [-0.15, -0.1) is 0 Å². The molecule has 0 aromatic rings. The minimum atomic E-state index is -4.40. The van der Waals surface area contributed by atoms with Crippen molar-refractivity contribution < 1.29 is 18.0 Å². The van der Waals surface area contributed by atoms with Gasteiger partial charge in [0.15, 0.2) is 0 Å². The summed E-state index contributed by atoms with van der Waals surface area (Å²) < 4.78 is 35.1. The number of nitriles is 1. The maximum atomic E-state index is 11.7. The number of likely N-dealkylation sites (tertiary alicyclic amines) is 1. The molecule has 0 aliphatic carbocycles. The smallest absolute Gasteiger partial charge is 0.329 e. The van der Waals surface area contributed by atoms with Crippen molar-refractivity contribution in [3.63, 3.8) is 0 Å². The molecule has 0 unspecified atom stereocenters. The van der Waals surface area contributed by atoms with Crippen LogP contribution in [0.25, 0.3) is 0 Å². The second-order valence-corrected chi connectivity index (χ2v) is 3.06. The van der Waals surface area contributed by atoms with Crippen LogP contribution in [0.2, 0.25) is 0 Å². The highest BCUT2D eigenvalue weighted by Gasteiger charge is 2.31. The fourth-order valence-electron chi connectivity index (χ4n) is 1.06. The maximum absolute atomic E-state index is 11.7. The molecule has 1 rings (SSSR count). The summed E-state index contributed by atoms with van der Waals surface area (Å²) in [5.41, 5.74) is 0.736. The van der Waals surface area contributed by atoms with Crippen LogP contribution in [0.3, 0.4) is 0 Å². The average Bonchev–Trinajstić information content (AvgIpc) is 2.05. The molecule has 15 heavy (non-hydrogen) atoms. The lowest BCUT2D eigenvalue weighted by Gasteiger charge is -2.33. The molecule has 82 valence electrons. The number of hydrogen-bond donors (Lipinski definition) is 1. The normalized spacial score (nSPS) is 15.3. The Morgan fingerprint density at radius 1 is 1.60 bits per heavy atom. The van der Waals surface area contributed by atoms with E-state index in [0.717, 1.165) is 5.57 Å². The zero-order valence-corrected chi connectivity index (χ0v) is 7.64. The quantitative estimate of drug-likeness (QED) is 0.669. The highest BCUT2D eigenvalue weighted by molar-refractivity contribution is 5.76. The predicted octanol–water partition coefficient (Wildman–Crippen LogP) is 1.02. The highest BCUT2D eigenvalue weighted by Crippen LogP contribution is 2.15. The van der Waals surface area contributed by atoms with Crippen LogP contribution in [0, 0.1) is 11.3 Å². The van der Waals surface area contributed by atoms with Crippen molar-refractivity contribution in [2.24, 2.45) is 0 Å².